The van der Waals surface area contributed by atoms with Gasteiger partial charge in [-0.1, -0.05) is 58.9 Å². The highest BCUT2D eigenvalue weighted by molar-refractivity contribution is 5.93. The molecule has 0 aliphatic heterocycles. The standard InChI is InChI=1S/C27H28O5/c1-26(2,3)22-16-20(27(4,5)19-10-13-21(28)14-11-19)12-15-23(22)32-25(31)18-8-6-17(7-9-18)24(29)30/h6-16,28H,1-5H3,(H,29,30). The molecule has 5 nitrogen and oxygen atoms in total. The van der Waals surface area contributed by atoms with Gasteiger partial charge in [0.15, 0.2) is 0 Å². The maximum Gasteiger partial charge on any atom is 0.343 e. The number of ether oxygens (including phenoxy) is 1. The number of aromatic hydroxyl groups is 1. The van der Waals surface area contributed by atoms with E-state index in [0.717, 1.165) is 16.7 Å². The molecule has 0 bridgehead atoms. The molecule has 3 aromatic carbocycles. The summed E-state index contributed by atoms with van der Waals surface area (Å²) in [6.45, 7) is 10.4. The van der Waals surface area contributed by atoms with Gasteiger partial charge in [0.2, 0.25) is 0 Å². The fourth-order valence-corrected chi connectivity index (χ4v) is 3.55. The number of esters is 1. The fourth-order valence-electron chi connectivity index (χ4n) is 3.55. The molecular weight excluding hydrogens is 404 g/mol. The number of hydrogen-bond donors (Lipinski definition) is 2. The van der Waals surface area contributed by atoms with Crippen LogP contribution in [0.2, 0.25) is 0 Å². The lowest BCUT2D eigenvalue weighted by molar-refractivity contribution is 0.0691. The first-order valence-electron chi connectivity index (χ1n) is 10.4. The van der Waals surface area contributed by atoms with Gasteiger partial charge in [-0.3, -0.25) is 0 Å². The van der Waals surface area contributed by atoms with Crippen LogP contribution in [0.5, 0.6) is 11.5 Å². The van der Waals surface area contributed by atoms with Crippen molar-refractivity contribution in [2.24, 2.45) is 0 Å². The number of rotatable bonds is 5. The molecule has 0 aliphatic carbocycles. The zero-order valence-electron chi connectivity index (χ0n) is 19.0. The monoisotopic (exact) mass is 432 g/mol. The molecule has 0 heterocycles. The van der Waals surface area contributed by atoms with Crippen molar-refractivity contribution in [3.8, 4) is 11.5 Å². The molecule has 0 unspecified atom stereocenters. The molecule has 0 spiro atoms. The summed E-state index contributed by atoms with van der Waals surface area (Å²) in [7, 11) is 0. The average molecular weight is 433 g/mol. The third kappa shape index (κ3) is 4.83. The molecule has 166 valence electrons. The van der Waals surface area contributed by atoms with Crippen molar-refractivity contribution >= 4 is 11.9 Å². The number of hydrogen-bond acceptors (Lipinski definition) is 4. The van der Waals surface area contributed by atoms with Crippen molar-refractivity contribution in [3.63, 3.8) is 0 Å². The van der Waals surface area contributed by atoms with Crippen molar-refractivity contribution in [1.82, 2.24) is 0 Å². The van der Waals surface area contributed by atoms with Gasteiger partial charge in [0.25, 0.3) is 0 Å². The zero-order valence-corrected chi connectivity index (χ0v) is 19.0. The summed E-state index contributed by atoms with van der Waals surface area (Å²) < 4.78 is 5.73. The molecular formula is C27H28O5. The Labute approximate surface area is 188 Å². The van der Waals surface area contributed by atoms with Crippen LogP contribution in [0.4, 0.5) is 0 Å². The Morgan fingerprint density at radius 3 is 1.81 bits per heavy atom. The SMILES string of the molecule is CC(C)(C)c1cc(C(C)(C)c2ccc(O)cc2)ccc1OC(=O)c1ccc(C(=O)O)cc1. The van der Waals surface area contributed by atoms with Crippen molar-refractivity contribution in [1.29, 1.82) is 0 Å². The lowest BCUT2D eigenvalue weighted by Crippen LogP contribution is -2.22. The summed E-state index contributed by atoms with van der Waals surface area (Å²) in [6.07, 6.45) is 0. The quantitative estimate of drug-likeness (QED) is 0.385. The molecule has 0 atom stereocenters. The number of carbonyl (C=O) groups excluding carboxylic acids is 1. The molecule has 3 rings (SSSR count). The highest BCUT2D eigenvalue weighted by Gasteiger charge is 2.28. The molecule has 0 saturated heterocycles. The van der Waals surface area contributed by atoms with E-state index >= 15 is 0 Å². The van der Waals surface area contributed by atoms with Crippen molar-refractivity contribution < 1.29 is 24.5 Å². The van der Waals surface area contributed by atoms with Crippen LogP contribution in [0.3, 0.4) is 0 Å². The Balaban J connectivity index is 1.96. The van der Waals surface area contributed by atoms with Crippen LogP contribution in [0.15, 0.2) is 66.7 Å². The van der Waals surface area contributed by atoms with E-state index in [1.807, 2.05) is 24.3 Å². The van der Waals surface area contributed by atoms with E-state index < -0.39 is 11.9 Å². The van der Waals surface area contributed by atoms with Gasteiger partial charge in [-0.15, -0.1) is 0 Å². The Morgan fingerprint density at radius 1 is 0.750 bits per heavy atom. The summed E-state index contributed by atoms with van der Waals surface area (Å²) in [5.74, 6) is -0.904. The maximum absolute atomic E-state index is 12.7. The first-order valence-corrected chi connectivity index (χ1v) is 10.4. The van der Waals surface area contributed by atoms with Crippen LogP contribution in [0, 0.1) is 0 Å². The Hall–Kier alpha value is -3.60. The molecule has 0 aliphatic rings. The van der Waals surface area contributed by atoms with Gasteiger partial charge < -0.3 is 14.9 Å². The average Bonchev–Trinajstić information content (AvgIpc) is 2.73. The lowest BCUT2D eigenvalue weighted by atomic mass is 9.75. The summed E-state index contributed by atoms with van der Waals surface area (Å²) in [4.78, 5) is 23.7. The first kappa shape index (κ1) is 23.1. The summed E-state index contributed by atoms with van der Waals surface area (Å²) >= 11 is 0. The molecule has 0 aromatic heterocycles. The van der Waals surface area contributed by atoms with Crippen LogP contribution in [-0.2, 0) is 10.8 Å². The predicted molar refractivity (Wildman–Crippen MR) is 124 cm³/mol. The lowest BCUT2D eigenvalue weighted by Gasteiger charge is -2.30. The van der Waals surface area contributed by atoms with Crippen LogP contribution in [0.25, 0.3) is 0 Å². The van der Waals surface area contributed by atoms with E-state index in [1.54, 1.807) is 12.1 Å². The van der Waals surface area contributed by atoms with Gasteiger partial charge in [-0.05, 0) is 59.0 Å². The Morgan fingerprint density at radius 2 is 1.28 bits per heavy atom. The number of carboxylic acids is 1. The van der Waals surface area contributed by atoms with E-state index in [2.05, 4.69) is 40.7 Å². The van der Waals surface area contributed by atoms with E-state index in [4.69, 9.17) is 9.84 Å². The fraction of sp³-hybridized carbons (Fsp3) is 0.259. The first-order chi connectivity index (χ1) is 14.9. The van der Waals surface area contributed by atoms with E-state index in [9.17, 15) is 14.7 Å². The molecule has 0 fully saturated rings. The highest BCUT2D eigenvalue weighted by atomic mass is 16.5. The predicted octanol–water partition coefficient (Wildman–Crippen LogP) is 5.93. The number of carboxylic acid groups (broad SMARTS) is 1. The molecule has 0 radical (unpaired) electrons. The second-order valence-corrected chi connectivity index (χ2v) is 9.40. The second kappa shape index (κ2) is 8.50. The van der Waals surface area contributed by atoms with E-state index in [0.29, 0.717) is 5.75 Å². The number of aromatic carboxylic acids is 1. The minimum atomic E-state index is -1.05. The molecule has 32 heavy (non-hydrogen) atoms. The van der Waals surface area contributed by atoms with Gasteiger partial charge in [-0.2, -0.15) is 0 Å². The third-order valence-corrected chi connectivity index (χ3v) is 5.67. The van der Waals surface area contributed by atoms with Gasteiger partial charge >= 0.3 is 11.9 Å². The third-order valence-electron chi connectivity index (χ3n) is 5.67. The molecule has 0 amide bonds. The molecule has 5 heteroatoms. The van der Waals surface area contributed by atoms with Crippen LogP contribution in [0.1, 0.15) is 72.0 Å². The Kier molecular flexibility index (Phi) is 6.13. The molecule has 0 saturated carbocycles. The van der Waals surface area contributed by atoms with Gasteiger partial charge in [0, 0.05) is 11.0 Å². The number of phenolic OH excluding ortho intramolecular Hbond substituents is 1. The van der Waals surface area contributed by atoms with Crippen molar-refractivity contribution in [2.45, 2.75) is 45.4 Å². The van der Waals surface area contributed by atoms with Gasteiger partial charge in [0.1, 0.15) is 11.5 Å². The van der Waals surface area contributed by atoms with Crippen LogP contribution in [-0.4, -0.2) is 22.2 Å². The number of benzene rings is 3. The highest BCUT2D eigenvalue weighted by Crippen LogP contribution is 2.38. The molecule has 2 N–H and O–H groups in total. The summed E-state index contributed by atoms with van der Waals surface area (Å²) in [5.41, 5.74) is 2.77. The molecule has 3 aromatic rings. The smallest absolute Gasteiger partial charge is 0.343 e. The minimum Gasteiger partial charge on any atom is -0.508 e. The van der Waals surface area contributed by atoms with Gasteiger partial charge in [-0.25, -0.2) is 9.59 Å². The number of carbonyl (C=O) groups is 2. The summed E-state index contributed by atoms with van der Waals surface area (Å²) in [6, 6.07) is 18.6. The van der Waals surface area contributed by atoms with E-state index in [-0.39, 0.29) is 27.7 Å². The zero-order chi connectivity index (χ0) is 23.7. The van der Waals surface area contributed by atoms with Gasteiger partial charge in [0.05, 0.1) is 11.1 Å². The number of phenols is 1. The van der Waals surface area contributed by atoms with Crippen molar-refractivity contribution in [2.75, 3.05) is 0 Å². The largest absolute Gasteiger partial charge is 0.508 e. The summed E-state index contributed by atoms with van der Waals surface area (Å²) in [5, 5.41) is 18.7. The Bertz CT molecular complexity index is 1130. The van der Waals surface area contributed by atoms with E-state index in [1.165, 1.54) is 24.3 Å². The normalized spacial score (nSPS) is 11.8. The van der Waals surface area contributed by atoms with Crippen LogP contribution >= 0.6 is 0 Å². The second-order valence-electron chi connectivity index (χ2n) is 9.40. The van der Waals surface area contributed by atoms with Crippen molar-refractivity contribution in [3.05, 3.63) is 94.5 Å². The maximum atomic E-state index is 12.7. The topological polar surface area (TPSA) is 83.8 Å². The minimum absolute atomic E-state index is 0.109. The van der Waals surface area contributed by atoms with Crippen LogP contribution < -0.4 is 4.74 Å².